The standard InChI is InChI=1S/C13H14OS2/c1-10-4-6-11(7-5-10)16-9-12(14)13-3-2-8-15-13/h2-8,12,14H,9H2,1H3. The molecule has 0 aliphatic rings. The molecule has 0 radical (unpaired) electrons. The quantitative estimate of drug-likeness (QED) is 0.831. The largest absolute Gasteiger partial charge is 0.387 e. The van der Waals surface area contributed by atoms with Gasteiger partial charge in [0.05, 0.1) is 6.10 Å². The lowest BCUT2D eigenvalue weighted by atomic mass is 10.2. The highest BCUT2D eigenvalue weighted by molar-refractivity contribution is 7.99. The molecule has 0 saturated carbocycles. The molecule has 0 bridgehead atoms. The van der Waals surface area contributed by atoms with Crippen LogP contribution in [0.4, 0.5) is 0 Å². The van der Waals surface area contributed by atoms with Gasteiger partial charge < -0.3 is 5.11 Å². The molecule has 16 heavy (non-hydrogen) atoms. The maximum atomic E-state index is 9.91. The Labute approximate surface area is 104 Å². The van der Waals surface area contributed by atoms with Crippen molar-refractivity contribution in [3.8, 4) is 0 Å². The van der Waals surface area contributed by atoms with Crippen LogP contribution in [-0.2, 0) is 0 Å². The average Bonchev–Trinajstić information content (AvgIpc) is 2.81. The van der Waals surface area contributed by atoms with Crippen LogP contribution >= 0.6 is 23.1 Å². The van der Waals surface area contributed by atoms with Crippen LogP contribution in [-0.4, -0.2) is 10.9 Å². The van der Waals surface area contributed by atoms with Crippen molar-refractivity contribution in [3.05, 3.63) is 52.2 Å². The van der Waals surface area contributed by atoms with Crippen LogP contribution in [0.3, 0.4) is 0 Å². The Morgan fingerprint density at radius 3 is 2.62 bits per heavy atom. The molecule has 1 nitrogen and oxygen atoms in total. The number of thiophene rings is 1. The molecule has 84 valence electrons. The summed E-state index contributed by atoms with van der Waals surface area (Å²) in [6.07, 6.45) is -0.355. The number of aliphatic hydroxyl groups is 1. The van der Waals surface area contributed by atoms with Crippen molar-refractivity contribution in [1.29, 1.82) is 0 Å². The second kappa shape index (κ2) is 5.53. The van der Waals surface area contributed by atoms with Gasteiger partial charge in [0.15, 0.2) is 0 Å². The van der Waals surface area contributed by atoms with E-state index in [0.717, 1.165) is 4.88 Å². The van der Waals surface area contributed by atoms with E-state index in [2.05, 4.69) is 31.2 Å². The number of aryl methyl sites for hydroxylation is 1. The van der Waals surface area contributed by atoms with Gasteiger partial charge in [0, 0.05) is 15.5 Å². The first-order valence-electron chi connectivity index (χ1n) is 5.16. The van der Waals surface area contributed by atoms with Crippen molar-refractivity contribution in [2.45, 2.75) is 17.9 Å². The molecule has 2 aromatic rings. The molecule has 0 aliphatic carbocycles. The summed E-state index contributed by atoms with van der Waals surface area (Å²) < 4.78 is 0. The normalized spacial score (nSPS) is 12.6. The molecule has 2 rings (SSSR count). The van der Waals surface area contributed by atoms with E-state index in [1.54, 1.807) is 23.1 Å². The summed E-state index contributed by atoms with van der Waals surface area (Å²) in [6.45, 7) is 2.08. The van der Waals surface area contributed by atoms with Gasteiger partial charge in [-0.25, -0.2) is 0 Å². The molecule has 1 atom stereocenters. The topological polar surface area (TPSA) is 20.2 Å². The van der Waals surface area contributed by atoms with Crippen LogP contribution < -0.4 is 0 Å². The lowest BCUT2D eigenvalue weighted by Gasteiger charge is -2.08. The first-order chi connectivity index (χ1) is 7.75. The number of rotatable bonds is 4. The van der Waals surface area contributed by atoms with E-state index in [0.29, 0.717) is 5.75 Å². The maximum Gasteiger partial charge on any atom is 0.0975 e. The maximum absolute atomic E-state index is 9.91. The van der Waals surface area contributed by atoms with Gasteiger partial charge in [-0.05, 0) is 30.5 Å². The fourth-order valence-electron chi connectivity index (χ4n) is 1.37. The van der Waals surface area contributed by atoms with Crippen molar-refractivity contribution in [2.24, 2.45) is 0 Å². The van der Waals surface area contributed by atoms with Crippen LogP contribution in [0.1, 0.15) is 16.5 Å². The van der Waals surface area contributed by atoms with Crippen LogP contribution in [0.25, 0.3) is 0 Å². The van der Waals surface area contributed by atoms with E-state index in [-0.39, 0.29) is 6.10 Å². The zero-order valence-corrected chi connectivity index (χ0v) is 10.7. The van der Waals surface area contributed by atoms with Gasteiger partial charge in [0.25, 0.3) is 0 Å². The summed E-state index contributed by atoms with van der Waals surface area (Å²) in [4.78, 5) is 2.25. The van der Waals surface area contributed by atoms with E-state index >= 15 is 0 Å². The predicted octanol–water partition coefficient (Wildman–Crippen LogP) is 3.88. The van der Waals surface area contributed by atoms with E-state index in [9.17, 15) is 5.11 Å². The number of hydrogen-bond donors (Lipinski definition) is 1. The number of benzene rings is 1. The lowest BCUT2D eigenvalue weighted by molar-refractivity contribution is 0.208. The molecule has 0 amide bonds. The van der Waals surface area contributed by atoms with Crippen molar-refractivity contribution in [2.75, 3.05) is 5.75 Å². The number of thioether (sulfide) groups is 1. The molecule has 0 fully saturated rings. The van der Waals surface area contributed by atoms with Crippen molar-refractivity contribution >= 4 is 23.1 Å². The summed E-state index contributed by atoms with van der Waals surface area (Å²) in [5.41, 5.74) is 1.27. The molecule has 0 spiro atoms. The summed E-state index contributed by atoms with van der Waals surface area (Å²) in [5.74, 6) is 0.712. The predicted molar refractivity (Wildman–Crippen MR) is 71.2 cm³/mol. The summed E-state index contributed by atoms with van der Waals surface area (Å²) in [7, 11) is 0. The minimum Gasteiger partial charge on any atom is -0.387 e. The molecule has 1 aromatic heterocycles. The third-order valence-electron chi connectivity index (χ3n) is 2.30. The first kappa shape index (κ1) is 11.7. The Hall–Kier alpha value is -0.770. The fraction of sp³-hybridized carbons (Fsp3) is 0.231. The Morgan fingerprint density at radius 2 is 2.00 bits per heavy atom. The Kier molecular flexibility index (Phi) is 4.04. The second-order valence-corrected chi connectivity index (χ2v) is 5.73. The SMILES string of the molecule is Cc1ccc(SCC(O)c2cccs2)cc1. The molecule has 1 aromatic carbocycles. The van der Waals surface area contributed by atoms with E-state index in [4.69, 9.17) is 0 Å². The van der Waals surface area contributed by atoms with Crippen LogP contribution in [0.5, 0.6) is 0 Å². The highest BCUT2D eigenvalue weighted by Crippen LogP contribution is 2.27. The van der Waals surface area contributed by atoms with Gasteiger partial charge >= 0.3 is 0 Å². The Bertz CT molecular complexity index is 420. The first-order valence-corrected chi connectivity index (χ1v) is 7.03. The van der Waals surface area contributed by atoms with Gasteiger partial charge in [-0.3, -0.25) is 0 Å². The van der Waals surface area contributed by atoms with Gasteiger partial charge in [-0.1, -0.05) is 23.8 Å². The van der Waals surface area contributed by atoms with E-state index < -0.39 is 0 Å². The van der Waals surface area contributed by atoms with Crippen molar-refractivity contribution in [1.82, 2.24) is 0 Å². The molecule has 1 N–H and O–H groups in total. The van der Waals surface area contributed by atoms with Gasteiger partial charge in [-0.2, -0.15) is 0 Å². The number of hydrogen-bond acceptors (Lipinski definition) is 3. The highest BCUT2D eigenvalue weighted by atomic mass is 32.2. The zero-order chi connectivity index (χ0) is 11.4. The summed E-state index contributed by atoms with van der Waals surface area (Å²) >= 11 is 3.30. The van der Waals surface area contributed by atoms with Gasteiger partial charge in [-0.15, -0.1) is 23.1 Å². The monoisotopic (exact) mass is 250 g/mol. The van der Waals surface area contributed by atoms with E-state index in [1.165, 1.54) is 10.5 Å². The molecular weight excluding hydrogens is 236 g/mol. The third kappa shape index (κ3) is 3.11. The van der Waals surface area contributed by atoms with E-state index in [1.807, 2.05) is 17.5 Å². The molecule has 1 heterocycles. The summed E-state index contributed by atoms with van der Waals surface area (Å²) in [6, 6.07) is 12.3. The second-order valence-electron chi connectivity index (χ2n) is 3.66. The number of aliphatic hydroxyl groups excluding tert-OH is 1. The van der Waals surface area contributed by atoms with Gasteiger partial charge in [0.1, 0.15) is 0 Å². The molecule has 1 unspecified atom stereocenters. The van der Waals surface area contributed by atoms with Gasteiger partial charge in [0.2, 0.25) is 0 Å². The lowest BCUT2D eigenvalue weighted by Crippen LogP contribution is -1.97. The van der Waals surface area contributed by atoms with Crippen LogP contribution in [0.15, 0.2) is 46.7 Å². The van der Waals surface area contributed by atoms with Crippen molar-refractivity contribution in [3.63, 3.8) is 0 Å². The molecule has 0 saturated heterocycles. The molecular formula is C13H14OS2. The molecule has 3 heteroatoms. The van der Waals surface area contributed by atoms with Crippen LogP contribution in [0.2, 0.25) is 0 Å². The Morgan fingerprint density at radius 1 is 1.25 bits per heavy atom. The van der Waals surface area contributed by atoms with Crippen molar-refractivity contribution < 1.29 is 5.11 Å². The Balaban J connectivity index is 1.90. The minimum absolute atomic E-state index is 0.355. The van der Waals surface area contributed by atoms with Crippen LogP contribution in [0, 0.1) is 6.92 Å². The molecule has 0 aliphatic heterocycles. The minimum atomic E-state index is -0.355. The zero-order valence-electron chi connectivity index (χ0n) is 9.09. The third-order valence-corrected chi connectivity index (χ3v) is 4.36. The highest BCUT2D eigenvalue weighted by Gasteiger charge is 2.08. The fourth-order valence-corrected chi connectivity index (χ4v) is 3.05. The average molecular weight is 250 g/mol. The summed E-state index contributed by atoms with van der Waals surface area (Å²) in [5, 5.41) is 11.9. The smallest absolute Gasteiger partial charge is 0.0975 e.